The number of fused-ring (bicyclic) bond motifs is 1. The van der Waals surface area contributed by atoms with E-state index >= 15 is 0 Å². The van der Waals surface area contributed by atoms with Gasteiger partial charge in [-0.2, -0.15) is 0 Å². The summed E-state index contributed by atoms with van der Waals surface area (Å²) in [6, 6.07) is 10.6. The Morgan fingerprint density at radius 2 is 1.75 bits per heavy atom. The van der Waals surface area contributed by atoms with Crippen LogP contribution >= 0.6 is 0 Å². The Bertz CT molecular complexity index is 897. The van der Waals surface area contributed by atoms with Gasteiger partial charge in [0.25, 0.3) is 0 Å². The molecule has 0 bridgehead atoms. The average molecular weight is 383 g/mol. The van der Waals surface area contributed by atoms with Gasteiger partial charge in [0, 0.05) is 36.6 Å². The van der Waals surface area contributed by atoms with Gasteiger partial charge in [0.15, 0.2) is 11.5 Å². The van der Waals surface area contributed by atoms with Gasteiger partial charge < -0.3 is 25.0 Å². The third-order valence-electron chi connectivity index (χ3n) is 4.78. The molecule has 28 heavy (non-hydrogen) atoms. The van der Waals surface area contributed by atoms with Gasteiger partial charge >= 0.3 is 0 Å². The smallest absolute Gasteiger partial charge is 0.246 e. The van der Waals surface area contributed by atoms with E-state index in [0.29, 0.717) is 23.7 Å². The molecule has 0 spiro atoms. The number of amides is 2. The highest BCUT2D eigenvalue weighted by Gasteiger charge is 2.23. The minimum atomic E-state index is -0.448. The monoisotopic (exact) mass is 383 g/mol. The number of rotatable bonds is 6. The average Bonchev–Trinajstić information content (AvgIpc) is 3.11. The summed E-state index contributed by atoms with van der Waals surface area (Å²) >= 11 is 0. The minimum Gasteiger partial charge on any atom is -0.493 e. The molecule has 148 valence electrons. The van der Waals surface area contributed by atoms with Crippen LogP contribution in [-0.2, 0) is 16.0 Å². The Morgan fingerprint density at radius 3 is 2.43 bits per heavy atom. The number of hydrogen-bond acceptors (Lipinski definition) is 5. The number of benzene rings is 2. The van der Waals surface area contributed by atoms with E-state index in [2.05, 4.69) is 10.6 Å². The number of carbonyl (C=O) groups is 2. The Morgan fingerprint density at radius 1 is 1.04 bits per heavy atom. The fourth-order valence-corrected chi connectivity index (χ4v) is 3.30. The number of carbonyl (C=O) groups excluding carboxylic acids is 2. The van der Waals surface area contributed by atoms with Crippen molar-refractivity contribution in [3.8, 4) is 11.5 Å². The van der Waals surface area contributed by atoms with E-state index < -0.39 is 6.04 Å². The zero-order valence-electron chi connectivity index (χ0n) is 16.5. The van der Waals surface area contributed by atoms with E-state index in [-0.39, 0.29) is 11.8 Å². The van der Waals surface area contributed by atoms with Crippen molar-refractivity contribution < 1.29 is 19.1 Å². The van der Waals surface area contributed by atoms with E-state index in [1.165, 1.54) is 0 Å². The second-order valence-electron chi connectivity index (χ2n) is 6.69. The molecule has 1 aliphatic rings. The molecule has 3 rings (SSSR count). The van der Waals surface area contributed by atoms with Crippen LogP contribution in [0.15, 0.2) is 36.4 Å². The molecule has 7 heteroatoms. The van der Waals surface area contributed by atoms with Crippen molar-refractivity contribution in [1.29, 1.82) is 0 Å². The molecule has 1 heterocycles. The Labute approximate surface area is 164 Å². The summed E-state index contributed by atoms with van der Waals surface area (Å²) in [5, 5.41) is 6.09. The first kappa shape index (κ1) is 19.5. The largest absolute Gasteiger partial charge is 0.493 e. The number of nitrogens with one attached hydrogen (secondary N) is 2. The Balaban J connectivity index is 1.66. The number of nitrogens with zero attached hydrogens (tertiary/aromatic N) is 1. The standard InChI is InChI=1S/C21H25N3O4/c1-13(21(26)23-17-6-8-19(27-3)20(12-17)28-4)22-16-5-7-18-15(11-16)9-10-24(18)14(2)25/h5-8,11-13,22H,9-10H2,1-4H3,(H,23,26)/t13-/m1/s1. The van der Waals surface area contributed by atoms with Crippen LogP contribution in [0.4, 0.5) is 17.1 Å². The molecule has 7 nitrogen and oxygen atoms in total. The van der Waals surface area contributed by atoms with Gasteiger partial charge in [-0.05, 0) is 49.2 Å². The molecular weight excluding hydrogens is 358 g/mol. The molecule has 2 N–H and O–H groups in total. The molecule has 1 atom stereocenters. The molecule has 0 radical (unpaired) electrons. The molecule has 0 saturated heterocycles. The molecule has 0 fully saturated rings. The third-order valence-corrected chi connectivity index (χ3v) is 4.78. The SMILES string of the molecule is COc1ccc(NC(=O)[C@@H](C)Nc2ccc3c(c2)CCN3C(C)=O)cc1OC. The van der Waals surface area contributed by atoms with Crippen molar-refractivity contribution in [3.05, 3.63) is 42.0 Å². The summed E-state index contributed by atoms with van der Waals surface area (Å²) in [5.41, 5.74) is 3.52. The summed E-state index contributed by atoms with van der Waals surface area (Å²) < 4.78 is 10.5. The van der Waals surface area contributed by atoms with Crippen LogP contribution < -0.4 is 25.0 Å². The topological polar surface area (TPSA) is 79.9 Å². The molecule has 0 unspecified atom stereocenters. The van der Waals surface area contributed by atoms with Crippen LogP contribution in [0.3, 0.4) is 0 Å². The fourth-order valence-electron chi connectivity index (χ4n) is 3.30. The quantitative estimate of drug-likeness (QED) is 0.801. The summed E-state index contributed by atoms with van der Waals surface area (Å²) in [5.74, 6) is 1.03. The van der Waals surface area contributed by atoms with Gasteiger partial charge in [0.05, 0.1) is 14.2 Å². The second kappa shape index (κ2) is 8.21. The molecular formula is C21H25N3O4. The number of methoxy groups -OCH3 is 2. The minimum absolute atomic E-state index is 0.0436. The van der Waals surface area contributed by atoms with Gasteiger partial charge in [-0.1, -0.05) is 0 Å². The lowest BCUT2D eigenvalue weighted by molar-refractivity contribution is -0.117. The number of ether oxygens (including phenoxy) is 2. The molecule has 0 aromatic heterocycles. The highest BCUT2D eigenvalue weighted by molar-refractivity contribution is 5.97. The van der Waals surface area contributed by atoms with Crippen molar-refractivity contribution >= 4 is 28.9 Å². The second-order valence-corrected chi connectivity index (χ2v) is 6.69. The number of hydrogen-bond donors (Lipinski definition) is 2. The van der Waals surface area contributed by atoms with E-state index in [0.717, 1.165) is 23.4 Å². The lowest BCUT2D eigenvalue weighted by atomic mass is 10.1. The van der Waals surface area contributed by atoms with Crippen LogP contribution in [0.2, 0.25) is 0 Å². The third kappa shape index (κ3) is 4.03. The van der Waals surface area contributed by atoms with Crippen molar-refractivity contribution in [2.24, 2.45) is 0 Å². The van der Waals surface area contributed by atoms with Crippen molar-refractivity contribution in [3.63, 3.8) is 0 Å². The first-order valence-corrected chi connectivity index (χ1v) is 9.13. The van der Waals surface area contributed by atoms with Gasteiger partial charge in [-0.25, -0.2) is 0 Å². The van der Waals surface area contributed by atoms with Crippen molar-refractivity contribution in [2.45, 2.75) is 26.3 Å². The predicted octanol–water partition coefficient (Wildman–Crippen LogP) is 3.05. The lowest BCUT2D eigenvalue weighted by Crippen LogP contribution is -2.31. The van der Waals surface area contributed by atoms with Crippen LogP contribution in [0.25, 0.3) is 0 Å². The molecule has 0 saturated carbocycles. The van der Waals surface area contributed by atoms with Gasteiger partial charge in [-0.3, -0.25) is 9.59 Å². The predicted molar refractivity (Wildman–Crippen MR) is 109 cm³/mol. The molecule has 2 amide bonds. The van der Waals surface area contributed by atoms with E-state index in [1.54, 1.807) is 51.2 Å². The summed E-state index contributed by atoms with van der Waals surface area (Å²) in [7, 11) is 3.11. The van der Waals surface area contributed by atoms with Crippen LogP contribution in [0.5, 0.6) is 11.5 Å². The zero-order chi connectivity index (χ0) is 20.3. The summed E-state index contributed by atoms with van der Waals surface area (Å²) in [4.78, 5) is 26.0. The maximum Gasteiger partial charge on any atom is 0.246 e. The highest BCUT2D eigenvalue weighted by Crippen LogP contribution is 2.31. The van der Waals surface area contributed by atoms with Crippen molar-refractivity contribution in [2.75, 3.05) is 36.3 Å². The summed E-state index contributed by atoms with van der Waals surface area (Å²) in [6.07, 6.45) is 0.816. The van der Waals surface area contributed by atoms with Crippen LogP contribution in [0, 0.1) is 0 Å². The Kier molecular flexibility index (Phi) is 5.73. The zero-order valence-corrected chi connectivity index (χ0v) is 16.5. The van der Waals surface area contributed by atoms with Crippen molar-refractivity contribution in [1.82, 2.24) is 0 Å². The maximum absolute atomic E-state index is 12.5. The fraction of sp³-hybridized carbons (Fsp3) is 0.333. The van der Waals surface area contributed by atoms with E-state index in [4.69, 9.17) is 9.47 Å². The molecule has 2 aromatic carbocycles. The van der Waals surface area contributed by atoms with Crippen LogP contribution in [-0.4, -0.2) is 38.6 Å². The van der Waals surface area contributed by atoms with Gasteiger partial charge in [0.2, 0.25) is 11.8 Å². The number of anilines is 3. The van der Waals surface area contributed by atoms with E-state index in [9.17, 15) is 9.59 Å². The Hall–Kier alpha value is -3.22. The van der Waals surface area contributed by atoms with E-state index in [1.807, 2.05) is 18.2 Å². The molecule has 0 aliphatic carbocycles. The molecule has 1 aliphatic heterocycles. The normalized spacial score (nSPS) is 13.5. The molecule has 2 aromatic rings. The summed E-state index contributed by atoms with van der Waals surface area (Å²) in [6.45, 7) is 4.07. The van der Waals surface area contributed by atoms with Gasteiger partial charge in [-0.15, -0.1) is 0 Å². The maximum atomic E-state index is 12.5. The first-order chi connectivity index (χ1) is 13.4. The first-order valence-electron chi connectivity index (χ1n) is 9.13. The van der Waals surface area contributed by atoms with Gasteiger partial charge in [0.1, 0.15) is 6.04 Å². The highest BCUT2D eigenvalue weighted by atomic mass is 16.5. The lowest BCUT2D eigenvalue weighted by Gasteiger charge is -2.18. The van der Waals surface area contributed by atoms with Crippen LogP contribution in [0.1, 0.15) is 19.4 Å².